The summed E-state index contributed by atoms with van der Waals surface area (Å²) in [6.45, 7) is 1.88. The van der Waals surface area contributed by atoms with Crippen LogP contribution in [0.3, 0.4) is 0 Å². The molecule has 4 heteroatoms. The average Bonchev–Trinajstić information content (AvgIpc) is 1.94. The number of aliphatic hydroxyl groups is 1. The molecule has 0 unspecified atom stereocenters. The van der Waals surface area contributed by atoms with Gasteiger partial charge in [0.1, 0.15) is 12.0 Å². The summed E-state index contributed by atoms with van der Waals surface area (Å²) < 4.78 is 0. The first-order valence-corrected chi connectivity index (χ1v) is 3.81. The van der Waals surface area contributed by atoms with E-state index < -0.39 is 5.72 Å². The molecule has 0 saturated carbocycles. The molecule has 0 aromatic carbocycles. The van der Waals surface area contributed by atoms with Gasteiger partial charge in [0.05, 0.1) is 6.54 Å². The molecule has 1 aliphatic heterocycles. The maximum absolute atomic E-state index is 10.1. The van der Waals surface area contributed by atoms with Crippen molar-refractivity contribution < 1.29 is 9.90 Å². The molecule has 0 bridgehead atoms. The Balaban J connectivity index is 2.30. The second-order valence-corrected chi connectivity index (χ2v) is 3.07. The molecule has 0 spiro atoms. The molecule has 0 aromatic rings. The fraction of sp³-hybridized carbons (Fsp3) is 0.857. The largest absolute Gasteiger partial charge is 0.376 e. The van der Waals surface area contributed by atoms with Crippen LogP contribution in [0.4, 0.5) is 0 Å². The van der Waals surface area contributed by atoms with Gasteiger partial charge >= 0.3 is 0 Å². The Hall–Kier alpha value is -0.450. The predicted molar refractivity (Wildman–Crippen MR) is 40.9 cm³/mol. The van der Waals surface area contributed by atoms with Crippen molar-refractivity contribution in [2.45, 2.75) is 18.6 Å². The first-order valence-electron chi connectivity index (χ1n) is 3.81. The van der Waals surface area contributed by atoms with E-state index in [4.69, 9.17) is 5.73 Å². The van der Waals surface area contributed by atoms with Gasteiger partial charge in [-0.05, 0) is 0 Å². The number of carbonyl (C=O) groups excluding carboxylic acids is 1. The molecular weight excluding hydrogens is 144 g/mol. The van der Waals surface area contributed by atoms with Crippen LogP contribution in [0.2, 0.25) is 0 Å². The lowest BCUT2D eigenvalue weighted by Crippen LogP contribution is -2.50. The standard InChI is InChI=1S/C7H14N2O2/c8-7(11)1-3-9(4-2-7)5-6-10/h6,11H,1-5,8H2. The van der Waals surface area contributed by atoms with E-state index >= 15 is 0 Å². The summed E-state index contributed by atoms with van der Waals surface area (Å²) in [5.74, 6) is 0. The molecule has 1 saturated heterocycles. The lowest BCUT2D eigenvalue weighted by molar-refractivity contribution is -0.110. The number of nitrogens with zero attached hydrogens (tertiary/aromatic N) is 1. The van der Waals surface area contributed by atoms with Crippen LogP contribution in [-0.2, 0) is 4.79 Å². The van der Waals surface area contributed by atoms with Gasteiger partial charge in [0.15, 0.2) is 0 Å². The van der Waals surface area contributed by atoms with Crippen LogP contribution < -0.4 is 5.73 Å². The highest BCUT2D eigenvalue weighted by atomic mass is 16.3. The molecule has 3 N–H and O–H groups in total. The lowest BCUT2D eigenvalue weighted by atomic mass is 10.0. The van der Waals surface area contributed by atoms with Gasteiger partial charge in [-0.25, -0.2) is 0 Å². The maximum atomic E-state index is 10.1. The third-order valence-electron chi connectivity index (χ3n) is 2.05. The molecule has 64 valence electrons. The van der Waals surface area contributed by atoms with E-state index in [0.29, 0.717) is 32.5 Å². The number of aldehydes is 1. The van der Waals surface area contributed by atoms with E-state index in [9.17, 15) is 9.90 Å². The Bertz CT molecular complexity index is 137. The highest BCUT2D eigenvalue weighted by molar-refractivity contribution is 5.51. The smallest absolute Gasteiger partial charge is 0.133 e. The third kappa shape index (κ3) is 2.57. The molecule has 0 aromatic heterocycles. The molecular formula is C7H14N2O2. The normalized spacial score (nSPS) is 24.9. The summed E-state index contributed by atoms with van der Waals surface area (Å²) in [7, 11) is 0. The maximum Gasteiger partial charge on any atom is 0.133 e. The first kappa shape index (κ1) is 8.64. The van der Waals surface area contributed by atoms with Crippen molar-refractivity contribution in [1.82, 2.24) is 4.90 Å². The zero-order valence-electron chi connectivity index (χ0n) is 6.49. The van der Waals surface area contributed by atoms with Crippen LogP contribution in [-0.4, -0.2) is 41.7 Å². The zero-order valence-corrected chi connectivity index (χ0v) is 6.49. The van der Waals surface area contributed by atoms with Crippen molar-refractivity contribution >= 4 is 6.29 Å². The fourth-order valence-electron chi connectivity index (χ4n) is 1.23. The summed E-state index contributed by atoms with van der Waals surface area (Å²) in [6, 6.07) is 0. The van der Waals surface area contributed by atoms with Gasteiger partial charge in [-0.1, -0.05) is 0 Å². The number of hydrogen-bond donors (Lipinski definition) is 2. The van der Waals surface area contributed by atoms with Gasteiger partial charge in [0, 0.05) is 25.9 Å². The highest BCUT2D eigenvalue weighted by Gasteiger charge is 2.27. The van der Waals surface area contributed by atoms with Crippen molar-refractivity contribution in [1.29, 1.82) is 0 Å². The zero-order chi connectivity index (χ0) is 8.32. The van der Waals surface area contributed by atoms with Crippen molar-refractivity contribution in [2.75, 3.05) is 19.6 Å². The molecule has 1 rings (SSSR count). The third-order valence-corrected chi connectivity index (χ3v) is 2.05. The van der Waals surface area contributed by atoms with Gasteiger partial charge in [0.25, 0.3) is 0 Å². The Kier molecular flexibility index (Phi) is 2.59. The topological polar surface area (TPSA) is 66.6 Å². The summed E-state index contributed by atoms with van der Waals surface area (Å²) >= 11 is 0. The first-order chi connectivity index (χ1) is 5.14. The second-order valence-electron chi connectivity index (χ2n) is 3.07. The fourth-order valence-corrected chi connectivity index (χ4v) is 1.23. The van der Waals surface area contributed by atoms with E-state index in [2.05, 4.69) is 0 Å². The predicted octanol–water partition coefficient (Wildman–Crippen LogP) is -1.07. The van der Waals surface area contributed by atoms with Crippen LogP contribution in [0, 0.1) is 0 Å². The molecule has 0 aliphatic carbocycles. The Labute approximate surface area is 66.0 Å². The van der Waals surface area contributed by atoms with Crippen molar-refractivity contribution in [2.24, 2.45) is 5.73 Å². The molecule has 0 radical (unpaired) electrons. The van der Waals surface area contributed by atoms with Gasteiger partial charge in [-0.15, -0.1) is 0 Å². The Morgan fingerprint density at radius 1 is 1.55 bits per heavy atom. The number of carbonyl (C=O) groups is 1. The van der Waals surface area contributed by atoms with E-state index in [1.54, 1.807) is 0 Å². The Morgan fingerprint density at radius 3 is 2.55 bits per heavy atom. The number of hydrogen-bond acceptors (Lipinski definition) is 4. The molecule has 1 fully saturated rings. The van der Waals surface area contributed by atoms with Crippen LogP contribution >= 0.6 is 0 Å². The molecule has 4 nitrogen and oxygen atoms in total. The lowest BCUT2D eigenvalue weighted by Gasteiger charge is -2.34. The van der Waals surface area contributed by atoms with Crippen LogP contribution in [0.25, 0.3) is 0 Å². The highest BCUT2D eigenvalue weighted by Crippen LogP contribution is 2.15. The van der Waals surface area contributed by atoms with E-state index in [0.717, 1.165) is 6.29 Å². The van der Waals surface area contributed by atoms with Crippen molar-refractivity contribution in [3.8, 4) is 0 Å². The molecule has 0 atom stereocenters. The molecule has 0 amide bonds. The van der Waals surface area contributed by atoms with Gasteiger partial charge in [-0.2, -0.15) is 0 Å². The monoisotopic (exact) mass is 158 g/mol. The molecule has 11 heavy (non-hydrogen) atoms. The molecule has 1 aliphatic rings. The summed E-state index contributed by atoms with van der Waals surface area (Å²) in [6.07, 6.45) is 1.99. The summed E-state index contributed by atoms with van der Waals surface area (Å²) in [4.78, 5) is 12.1. The van der Waals surface area contributed by atoms with Crippen molar-refractivity contribution in [3.63, 3.8) is 0 Å². The number of likely N-dealkylation sites (tertiary alicyclic amines) is 1. The quantitative estimate of drug-likeness (QED) is 0.396. The number of nitrogens with two attached hydrogens (primary N) is 1. The molecule has 1 heterocycles. The van der Waals surface area contributed by atoms with Gasteiger partial charge in [0.2, 0.25) is 0 Å². The van der Waals surface area contributed by atoms with Crippen molar-refractivity contribution in [3.05, 3.63) is 0 Å². The number of piperidine rings is 1. The van der Waals surface area contributed by atoms with E-state index in [1.165, 1.54) is 0 Å². The SMILES string of the molecule is NC1(O)CCN(CC=O)CC1. The summed E-state index contributed by atoms with van der Waals surface area (Å²) in [5, 5.41) is 9.32. The van der Waals surface area contributed by atoms with E-state index in [1.807, 2.05) is 4.90 Å². The van der Waals surface area contributed by atoms with E-state index in [-0.39, 0.29) is 0 Å². The van der Waals surface area contributed by atoms with Gasteiger partial charge in [-0.3, -0.25) is 4.90 Å². The minimum Gasteiger partial charge on any atom is -0.376 e. The van der Waals surface area contributed by atoms with Gasteiger partial charge < -0.3 is 15.6 Å². The number of rotatable bonds is 2. The Morgan fingerprint density at radius 2 is 2.09 bits per heavy atom. The summed E-state index contributed by atoms with van der Waals surface area (Å²) in [5.41, 5.74) is 4.48. The minimum absolute atomic E-state index is 0.454. The van der Waals surface area contributed by atoms with Crippen LogP contribution in [0.1, 0.15) is 12.8 Å². The second kappa shape index (κ2) is 3.30. The average molecular weight is 158 g/mol. The van der Waals surface area contributed by atoms with Crippen LogP contribution in [0.15, 0.2) is 0 Å². The minimum atomic E-state index is -1.00. The van der Waals surface area contributed by atoms with Crippen LogP contribution in [0.5, 0.6) is 0 Å².